The van der Waals surface area contributed by atoms with Gasteiger partial charge in [-0.3, -0.25) is 9.59 Å². The first-order valence-corrected chi connectivity index (χ1v) is 11.7. The Kier molecular flexibility index (Phi) is 5.89. The zero-order chi connectivity index (χ0) is 23.7. The molecule has 0 bridgehead atoms. The Labute approximate surface area is 198 Å². The van der Waals surface area contributed by atoms with E-state index in [0.29, 0.717) is 17.6 Å². The maximum Gasteiger partial charge on any atom is 0.295 e. The predicted molar refractivity (Wildman–Crippen MR) is 132 cm³/mol. The van der Waals surface area contributed by atoms with Crippen LogP contribution in [0.15, 0.2) is 42.6 Å². The summed E-state index contributed by atoms with van der Waals surface area (Å²) in [5.74, 6) is 2.23. The molecule has 2 aliphatic rings. The highest BCUT2D eigenvalue weighted by molar-refractivity contribution is 5.96. The fourth-order valence-electron chi connectivity index (χ4n) is 4.52. The number of rotatable bonds is 6. The third kappa shape index (κ3) is 4.72. The molecule has 2 aromatic carbocycles. The number of anilines is 1. The van der Waals surface area contributed by atoms with Gasteiger partial charge in [-0.15, -0.1) is 6.42 Å². The van der Waals surface area contributed by atoms with Crippen LogP contribution < -0.4 is 16.0 Å². The van der Waals surface area contributed by atoms with Crippen LogP contribution in [-0.2, 0) is 4.79 Å². The average Bonchev–Trinajstić information content (AvgIpc) is 3.56. The molecular weight excluding hydrogens is 426 g/mol. The van der Waals surface area contributed by atoms with Crippen molar-refractivity contribution >= 4 is 28.7 Å². The van der Waals surface area contributed by atoms with Crippen molar-refractivity contribution in [3.05, 3.63) is 53.7 Å². The molecule has 2 atom stereocenters. The minimum absolute atomic E-state index is 0.0211. The van der Waals surface area contributed by atoms with Gasteiger partial charge in [-0.2, -0.15) is 0 Å². The first-order chi connectivity index (χ1) is 16.5. The van der Waals surface area contributed by atoms with Crippen LogP contribution in [0.4, 0.5) is 5.95 Å². The van der Waals surface area contributed by atoms with Crippen LogP contribution >= 0.6 is 0 Å². The van der Waals surface area contributed by atoms with Gasteiger partial charge in [0.25, 0.3) is 11.8 Å². The lowest BCUT2D eigenvalue weighted by Gasteiger charge is -2.21. The third-order valence-corrected chi connectivity index (χ3v) is 6.58. The number of benzene rings is 2. The number of amides is 2. The van der Waals surface area contributed by atoms with Crippen molar-refractivity contribution in [2.45, 2.75) is 57.2 Å². The summed E-state index contributed by atoms with van der Waals surface area (Å²) in [6, 6.07) is 12.2. The second-order valence-electron chi connectivity index (χ2n) is 9.15. The summed E-state index contributed by atoms with van der Waals surface area (Å²) in [6.07, 6.45) is 11.9. The van der Waals surface area contributed by atoms with Crippen molar-refractivity contribution in [2.75, 3.05) is 5.32 Å². The number of nitrogens with zero attached hydrogens (tertiary/aromatic N) is 2. The molecule has 3 N–H and O–H groups in total. The van der Waals surface area contributed by atoms with Crippen molar-refractivity contribution in [1.82, 2.24) is 20.6 Å². The van der Waals surface area contributed by atoms with Crippen LogP contribution in [0.1, 0.15) is 48.0 Å². The fraction of sp³-hybridized carbons (Fsp3) is 0.333. The number of aromatic nitrogens is 2. The van der Waals surface area contributed by atoms with Gasteiger partial charge < -0.3 is 16.0 Å². The number of carbonyl (C=O) groups is 2. The molecule has 2 aliphatic carbocycles. The summed E-state index contributed by atoms with van der Waals surface area (Å²) >= 11 is 0. The van der Waals surface area contributed by atoms with E-state index in [4.69, 9.17) is 6.42 Å². The number of fused-ring (bicyclic) bond motifs is 1. The van der Waals surface area contributed by atoms with Crippen LogP contribution in [0.3, 0.4) is 0 Å². The van der Waals surface area contributed by atoms with E-state index < -0.39 is 5.91 Å². The zero-order valence-electron chi connectivity index (χ0n) is 19.1. The molecule has 172 valence electrons. The summed E-state index contributed by atoms with van der Waals surface area (Å²) in [5.41, 5.74) is 4.63. The molecule has 7 heteroatoms. The molecule has 2 amide bonds. The van der Waals surface area contributed by atoms with Crippen LogP contribution in [0.2, 0.25) is 0 Å². The number of hydrogen-bond acceptors (Lipinski definition) is 5. The summed E-state index contributed by atoms with van der Waals surface area (Å²) in [7, 11) is 0. The molecule has 0 spiro atoms. The van der Waals surface area contributed by atoms with Crippen LogP contribution in [-0.4, -0.2) is 39.9 Å². The second kappa shape index (κ2) is 9.14. The maximum absolute atomic E-state index is 12.5. The molecule has 1 heterocycles. The van der Waals surface area contributed by atoms with Crippen LogP contribution in [0.5, 0.6) is 0 Å². The Bertz CT molecular complexity index is 1310. The monoisotopic (exact) mass is 453 g/mol. The summed E-state index contributed by atoms with van der Waals surface area (Å²) in [5, 5.41) is 10.2. The molecule has 2 saturated carbocycles. The highest BCUT2D eigenvalue weighted by Gasteiger charge is 2.29. The van der Waals surface area contributed by atoms with Gasteiger partial charge in [-0.25, -0.2) is 9.97 Å². The van der Waals surface area contributed by atoms with E-state index in [-0.39, 0.29) is 18.0 Å². The third-order valence-electron chi connectivity index (χ3n) is 6.58. The van der Waals surface area contributed by atoms with E-state index in [0.717, 1.165) is 59.7 Å². The summed E-state index contributed by atoms with van der Waals surface area (Å²) in [6.45, 7) is 2.04. The Morgan fingerprint density at radius 2 is 1.85 bits per heavy atom. The van der Waals surface area contributed by atoms with E-state index in [1.165, 1.54) is 0 Å². The average molecular weight is 454 g/mol. The van der Waals surface area contributed by atoms with Gasteiger partial charge >= 0.3 is 0 Å². The fourth-order valence-corrected chi connectivity index (χ4v) is 4.52. The van der Waals surface area contributed by atoms with E-state index in [9.17, 15) is 9.59 Å². The van der Waals surface area contributed by atoms with Crippen molar-refractivity contribution in [3.8, 4) is 23.5 Å². The number of nitrogens with one attached hydrogen (secondary N) is 3. The van der Waals surface area contributed by atoms with E-state index in [1.807, 2.05) is 37.3 Å². The first-order valence-electron chi connectivity index (χ1n) is 11.7. The molecule has 1 aromatic heterocycles. The lowest BCUT2D eigenvalue weighted by Crippen LogP contribution is -2.43. The summed E-state index contributed by atoms with van der Waals surface area (Å²) < 4.78 is 0. The smallest absolute Gasteiger partial charge is 0.295 e. The molecule has 7 nitrogen and oxygen atoms in total. The number of carbonyl (C=O) groups excluding carboxylic acids is 2. The minimum atomic E-state index is -0.393. The van der Waals surface area contributed by atoms with Gasteiger partial charge in [0, 0.05) is 35.3 Å². The molecule has 5 rings (SSSR count). The lowest BCUT2D eigenvalue weighted by atomic mass is 9.97. The molecule has 0 radical (unpaired) electrons. The Hall–Kier alpha value is -3.92. The minimum Gasteiger partial charge on any atom is -0.349 e. The SMILES string of the molecule is C#CC(=O)N[C@H]1CCC[C@H]1Nc1ncc2cc(-c3cc(C(=O)NC4CC4)ccc3C)ccc2n1. The molecule has 0 aliphatic heterocycles. The molecular formula is C27H27N5O2. The lowest BCUT2D eigenvalue weighted by molar-refractivity contribution is -0.116. The van der Waals surface area contributed by atoms with Gasteiger partial charge in [-0.1, -0.05) is 12.1 Å². The Balaban J connectivity index is 1.36. The second-order valence-corrected chi connectivity index (χ2v) is 9.15. The van der Waals surface area contributed by atoms with Gasteiger partial charge in [0.1, 0.15) is 0 Å². The van der Waals surface area contributed by atoms with E-state index in [2.05, 4.69) is 37.9 Å². The largest absolute Gasteiger partial charge is 0.349 e. The van der Waals surface area contributed by atoms with Crippen LogP contribution in [0, 0.1) is 19.3 Å². The van der Waals surface area contributed by atoms with Crippen LogP contribution in [0.25, 0.3) is 22.0 Å². The topological polar surface area (TPSA) is 96.0 Å². The van der Waals surface area contributed by atoms with Gasteiger partial charge in [-0.05, 0) is 85.9 Å². The normalized spacial score (nSPS) is 19.4. The highest BCUT2D eigenvalue weighted by atomic mass is 16.2. The highest BCUT2D eigenvalue weighted by Crippen LogP contribution is 2.29. The van der Waals surface area contributed by atoms with Crippen molar-refractivity contribution in [2.24, 2.45) is 0 Å². The number of terminal acetylenes is 1. The Morgan fingerprint density at radius 1 is 1.03 bits per heavy atom. The van der Waals surface area contributed by atoms with E-state index in [1.54, 1.807) is 6.20 Å². The predicted octanol–water partition coefficient (Wildman–Crippen LogP) is 3.58. The number of hydrogen-bond donors (Lipinski definition) is 3. The van der Waals surface area contributed by atoms with E-state index >= 15 is 0 Å². The molecule has 34 heavy (non-hydrogen) atoms. The molecule has 2 fully saturated rings. The number of aryl methyl sites for hydroxylation is 1. The van der Waals surface area contributed by atoms with Crippen molar-refractivity contribution in [1.29, 1.82) is 0 Å². The standard InChI is InChI=1S/C27H27N5O2/c1-3-25(33)30-23-5-4-6-24(23)32-27-28-15-19-13-17(9-12-22(19)31-27)21-14-18(8-7-16(21)2)26(34)29-20-10-11-20/h1,7-9,12-15,20,23-24H,4-6,10-11H2,2H3,(H,29,34)(H,30,33)(H,28,31,32)/t23-,24+/m0/s1. The molecule has 0 saturated heterocycles. The first kappa shape index (κ1) is 21.9. The zero-order valence-corrected chi connectivity index (χ0v) is 19.1. The Morgan fingerprint density at radius 3 is 2.65 bits per heavy atom. The molecule has 3 aromatic rings. The quantitative estimate of drug-likeness (QED) is 0.496. The van der Waals surface area contributed by atoms with Gasteiger partial charge in [0.15, 0.2) is 0 Å². The van der Waals surface area contributed by atoms with Crippen molar-refractivity contribution < 1.29 is 9.59 Å². The van der Waals surface area contributed by atoms with Crippen molar-refractivity contribution in [3.63, 3.8) is 0 Å². The maximum atomic E-state index is 12.5. The molecule has 0 unspecified atom stereocenters. The van der Waals surface area contributed by atoms with Gasteiger partial charge in [0.05, 0.1) is 5.52 Å². The summed E-state index contributed by atoms with van der Waals surface area (Å²) in [4.78, 5) is 33.3. The van der Waals surface area contributed by atoms with Gasteiger partial charge in [0.2, 0.25) is 5.95 Å².